The molecule has 0 radical (unpaired) electrons. The van der Waals surface area contributed by atoms with E-state index in [-0.39, 0.29) is 12.3 Å². The van der Waals surface area contributed by atoms with Gasteiger partial charge in [0.05, 0.1) is 12.3 Å². The SMILES string of the molecule is CCOC(=O)NS(=O)(=O)Nc1cccc(C=O)c1. The fourth-order valence-corrected chi connectivity index (χ4v) is 1.89. The molecule has 1 aromatic rings. The lowest BCUT2D eigenvalue weighted by atomic mass is 10.2. The third kappa shape index (κ3) is 4.42. The summed E-state index contributed by atoms with van der Waals surface area (Å²) in [4.78, 5) is 21.5. The number of nitrogens with one attached hydrogen (secondary N) is 2. The molecule has 0 saturated heterocycles. The van der Waals surface area contributed by atoms with Gasteiger partial charge in [0.25, 0.3) is 0 Å². The second-order valence-electron chi connectivity index (χ2n) is 3.17. The number of hydrogen-bond donors (Lipinski definition) is 2. The Kier molecular flexibility index (Phi) is 4.67. The number of benzene rings is 1. The van der Waals surface area contributed by atoms with Gasteiger partial charge in [-0.25, -0.2) is 9.52 Å². The van der Waals surface area contributed by atoms with E-state index in [0.29, 0.717) is 11.8 Å². The third-order valence-electron chi connectivity index (χ3n) is 1.77. The molecule has 0 atom stereocenters. The maximum atomic E-state index is 11.5. The number of anilines is 1. The van der Waals surface area contributed by atoms with Crippen molar-refractivity contribution in [2.75, 3.05) is 11.3 Å². The van der Waals surface area contributed by atoms with Gasteiger partial charge in [0.2, 0.25) is 0 Å². The van der Waals surface area contributed by atoms with Crippen LogP contribution in [0.1, 0.15) is 17.3 Å². The lowest BCUT2D eigenvalue weighted by molar-refractivity contribution is 0.112. The quantitative estimate of drug-likeness (QED) is 0.775. The number of aldehydes is 1. The summed E-state index contributed by atoms with van der Waals surface area (Å²) in [6, 6.07) is 5.80. The Morgan fingerprint density at radius 3 is 2.78 bits per heavy atom. The molecule has 1 aromatic carbocycles. The molecule has 7 nitrogen and oxygen atoms in total. The van der Waals surface area contributed by atoms with E-state index < -0.39 is 16.3 Å². The van der Waals surface area contributed by atoms with E-state index in [9.17, 15) is 18.0 Å². The zero-order valence-corrected chi connectivity index (χ0v) is 10.4. The summed E-state index contributed by atoms with van der Waals surface area (Å²) < 4.78 is 31.1. The van der Waals surface area contributed by atoms with Gasteiger partial charge in [-0.1, -0.05) is 12.1 Å². The Morgan fingerprint density at radius 2 is 2.17 bits per heavy atom. The third-order valence-corrected chi connectivity index (χ3v) is 2.71. The first-order valence-electron chi connectivity index (χ1n) is 4.99. The van der Waals surface area contributed by atoms with E-state index in [4.69, 9.17) is 0 Å². The van der Waals surface area contributed by atoms with Crippen molar-refractivity contribution < 1.29 is 22.7 Å². The molecule has 0 spiro atoms. The van der Waals surface area contributed by atoms with Crippen molar-refractivity contribution in [1.82, 2.24) is 4.72 Å². The molecular formula is C10H12N2O5S. The average molecular weight is 272 g/mol. The Bertz CT molecular complexity index is 541. The zero-order valence-electron chi connectivity index (χ0n) is 9.54. The summed E-state index contributed by atoms with van der Waals surface area (Å²) in [5.41, 5.74) is 0.475. The van der Waals surface area contributed by atoms with Crippen LogP contribution in [-0.2, 0) is 14.9 Å². The van der Waals surface area contributed by atoms with Crippen molar-refractivity contribution in [3.05, 3.63) is 29.8 Å². The molecule has 0 unspecified atom stereocenters. The van der Waals surface area contributed by atoms with Crippen molar-refractivity contribution >= 4 is 28.3 Å². The molecular weight excluding hydrogens is 260 g/mol. The highest BCUT2D eigenvalue weighted by molar-refractivity contribution is 7.91. The fourth-order valence-electron chi connectivity index (χ4n) is 1.13. The van der Waals surface area contributed by atoms with Crippen LogP contribution in [-0.4, -0.2) is 27.4 Å². The molecule has 1 amide bonds. The smallest absolute Gasteiger partial charge is 0.422 e. The van der Waals surface area contributed by atoms with Crippen LogP contribution in [0.25, 0.3) is 0 Å². The lowest BCUT2D eigenvalue weighted by Gasteiger charge is -2.09. The van der Waals surface area contributed by atoms with Crippen LogP contribution in [0.3, 0.4) is 0 Å². The standard InChI is InChI=1S/C10H12N2O5S/c1-2-17-10(14)12-18(15,16)11-9-5-3-4-8(6-9)7-13/h3-7,11H,2H2,1H3,(H,12,14). The topological polar surface area (TPSA) is 102 Å². The number of rotatable bonds is 5. The highest BCUT2D eigenvalue weighted by Gasteiger charge is 2.14. The van der Waals surface area contributed by atoms with Gasteiger partial charge < -0.3 is 4.74 Å². The zero-order chi connectivity index (χ0) is 13.6. The van der Waals surface area contributed by atoms with E-state index in [1.54, 1.807) is 11.6 Å². The van der Waals surface area contributed by atoms with Crippen molar-refractivity contribution in [2.24, 2.45) is 0 Å². The molecule has 8 heteroatoms. The van der Waals surface area contributed by atoms with Crippen molar-refractivity contribution in [3.63, 3.8) is 0 Å². The minimum absolute atomic E-state index is 0.0575. The van der Waals surface area contributed by atoms with Gasteiger partial charge in [0.1, 0.15) is 6.29 Å². The maximum Gasteiger partial charge on any atom is 0.422 e. The van der Waals surface area contributed by atoms with E-state index in [2.05, 4.69) is 9.46 Å². The largest absolute Gasteiger partial charge is 0.449 e. The van der Waals surface area contributed by atoms with Crippen molar-refractivity contribution in [3.8, 4) is 0 Å². The fraction of sp³-hybridized carbons (Fsp3) is 0.200. The number of ether oxygens (including phenoxy) is 1. The molecule has 18 heavy (non-hydrogen) atoms. The second-order valence-corrected chi connectivity index (χ2v) is 4.59. The highest BCUT2D eigenvalue weighted by Crippen LogP contribution is 2.10. The van der Waals surface area contributed by atoms with Crippen LogP contribution in [0.5, 0.6) is 0 Å². The monoisotopic (exact) mass is 272 g/mol. The molecule has 1 rings (SSSR count). The number of carbonyl (C=O) groups is 2. The summed E-state index contributed by atoms with van der Waals surface area (Å²) in [6.07, 6.45) is -0.493. The number of carbonyl (C=O) groups excluding carboxylic acids is 2. The molecule has 0 saturated carbocycles. The summed E-state index contributed by atoms with van der Waals surface area (Å²) >= 11 is 0. The molecule has 98 valence electrons. The lowest BCUT2D eigenvalue weighted by Crippen LogP contribution is -2.35. The van der Waals surface area contributed by atoms with Gasteiger partial charge in [-0.2, -0.15) is 8.42 Å². The van der Waals surface area contributed by atoms with Gasteiger partial charge in [-0.15, -0.1) is 0 Å². The van der Waals surface area contributed by atoms with Gasteiger partial charge >= 0.3 is 16.3 Å². The second kappa shape index (κ2) is 6.01. The Morgan fingerprint density at radius 1 is 1.44 bits per heavy atom. The van der Waals surface area contributed by atoms with Crippen LogP contribution in [0.4, 0.5) is 10.5 Å². The molecule has 0 aliphatic rings. The van der Waals surface area contributed by atoms with Gasteiger partial charge in [-0.3, -0.25) is 9.52 Å². The van der Waals surface area contributed by atoms with Crippen LogP contribution in [0, 0.1) is 0 Å². The molecule has 0 bridgehead atoms. The molecule has 0 fully saturated rings. The first-order valence-corrected chi connectivity index (χ1v) is 6.47. The first-order chi connectivity index (χ1) is 8.46. The van der Waals surface area contributed by atoms with Gasteiger partial charge in [0.15, 0.2) is 0 Å². The molecule has 0 aliphatic carbocycles. The first kappa shape index (κ1) is 14.0. The van der Waals surface area contributed by atoms with Crippen LogP contribution < -0.4 is 9.44 Å². The summed E-state index contributed by atoms with van der Waals surface area (Å²) in [6.45, 7) is 1.61. The molecule has 0 heterocycles. The predicted molar refractivity (Wildman–Crippen MR) is 64.5 cm³/mol. The number of amides is 1. The van der Waals surface area contributed by atoms with E-state index in [0.717, 1.165) is 0 Å². The highest BCUT2D eigenvalue weighted by atomic mass is 32.2. The number of hydrogen-bond acceptors (Lipinski definition) is 5. The van der Waals surface area contributed by atoms with Gasteiger partial charge in [0, 0.05) is 5.56 Å². The average Bonchev–Trinajstić information content (AvgIpc) is 2.28. The summed E-state index contributed by atoms with van der Waals surface area (Å²) in [5.74, 6) is 0. The summed E-state index contributed by atoms with van der Waals surface area (Å²) in [5, 5.41) is 0. The summed E-state index contributed by atoms with van der Waals surface area (Å²) in [7, 11) is -4.07. The van der Waals surface area contributed by atoms with E-state index in [1.165, 1.54) is 24.3 Å². The molecule has 2 N–H and O–H groups in total. The molecule has 0 aliphatic heterocycles. The van der Waals surface area contributed by atoms with Crippen molar-refractivity contribution in [1.29, 1.82) is 0 Å². The minimum Gasteiger partial charge on any atom is -0.449 e. The van der Waals surface area contributed by atoms with E-state index >= 15 is 0 Å². The van der Waals surface area contributed by atoms with Gasteiger partial charge in [-0.05, 0) is 19.1 Å². The predicted octanol–water partition coefficient (Wildman–Crippen LogP) is 0.902. The maximum absolute atomic E-state index is 11.5. The van der Waals surface area contributed by atoms with Crippen LogP contribution >= 0.6 is 0 Å². The van der Waals surface area contributed by atoms with E-state index in [1.807, 2.05) is 0 Å². The normalized spacial score (nSPS) is 10.5. The Hall–Kier alpha value is -2.09. The molecule has 0 aromatic heterocycles. The Labute approximate surface area is 104 Å². The minimum atomic E-state index is -4.07. The Balaban J connectivity index is 2.76. The van der Waals surface area contributed by atoms with Crippen LogP contribution in [0.15, 0.2) is 24.3 Å². The van der Waals surface area contributed by atoms with Crippen molar-refractivity contribution in [2.45, 2.75) is 6.92 Å². The van der Waals surface area contributed by atoms with Crippen LogP contribution in [0.2, 0.25) is 0 Å².